The third-order valence-electron chi connectivity index (χ3n) is 4.85. The molecule has 0 aliphatic carbocycles. The van der Waals surface area contributed by atoms with Gasteiger partial charge >= 0.3 is 5.69 Å². The summed E-state index contributed by atoms with van der Waals surface area (Å²) >= 11 is 0. The van der Waals surface area contributed by atoms with Gasteiger partial charge in [0.1, 0.15) is 5.69 Å². The number of nitro benzene ring substituents is 2. The van der Waals surface area contributed by atoms with Crippen LogP contribution in [0.3, 0.4) is 0 Å². The molecule has 0 saturated carbocycles. The number of aryl methyl sites for hydroxylation is 3. The summed E-state index contributed by atoms with van der Waals surface area (Å²) in [5.74, 6) is 0. The Labute approximate surface area is 172 Å². The molecule has 0 spiro atoms. The molecule has 30 heavy (non-hydrogen) atoms. The van der Waals surface area contributed by atoms with Gasteiger partial charge in [-0.05, 0) is 57.0 Å². The van der Waals surface area contributed by atoms with Gasteiger partial charge in [0.15, 0.2) is 0 Å². The minimum absolute atomic E-state index is 0.0544. The van der Waals surface area contributed by atoms with E-state index in [9.17, 15) is 20.2 Å². The van der Waals surface area contributed by atoms with E-state index < -0.39 is 15.5 Å². The predicted octanol–water partition coefficient (Wildman–Crippen LogP) is 4.37. The average Bonchev–Trinajstić information content (AvgIpc) is 2.98. The van der Waals surface area contributed by atoms with Crippen molar-refractivity contribution < 1.29 is 9.85 Å². The van der Waals surface area contributed by atoms with Crippen molar-refractivity contribution in [1.29, 1.82) is 0 Å². The Morgan fingerprint density at radius 3 is 2.37 bits per heavy atom. The minimum Gasteiger partial charge on any atom is -0.272 e. The third kappa shape index (κ3) is 4.02. The van der Waals surface area contributed by atoms with E-state index in [1.807, 2.05) is 50.6 Å². The van der Waals surface area contributed by atoms with Crippen LogP contribution in [0.1, 0.15) is 28.1 Å². The lowest BCUT2D eigenvalue weighted by Gasteiger charge is -2.07. The highest BCUT2D eigenvalue weighted by Gasteiger charge is 2.19. The van der Waals surface area contributed by atoms with E-state index in [0.717, 1.165) is 34.3 Å². The van der Waals surface area contributed by atoms with E-state index in [1.165, 1.54) is 23.9 Å². The second kappa shape index (κ2) is 8.11. The van der Waals surface area contributed by atoms with Crippen molar-refractivity contribution >= 4 is 23.3 Å². The van der Waals surface area contributed by atoms with Crippen LogP contribution < -0.4 is 5.43 Å². The molecule has 2 aromatic carbocycles. The summed E-state index contributed by atoms with van der Waals surface area (Å²) in [6, 6.07) is 9.40. The molecule has 0 atom stereocenters. The maximum Gasteiger partial charge on any atom is 0.301 e. The zero-order chi connectivity index (χ0) is 22.0. The fourth-order valence-electron chi connectivity index (χ4n) is 3.00. The molecule has 3 rings (SSSR count). The SMILES string of the molecule is Cc1ccc(-n2nc(C)c(/C=N/Nc3ccc([N+](=O)[O-])cc3[N+](=O)[O-])c2C)cc1C. The van der Waals surface area contributed by atoms with Crippen molar-refractivity contribution in [3.63, 3.8) is 0 Å². The fraction of sp³-hybridized carbons (Fsp3) is 0.200. The molecule has 154 valence electrons. The second-order valence-corrected chi connectivity index (χ2v) is 6.85. The summed E-state index contributed by atoms with van der Waals surface area (Å²) < 4.78 is 1.82. The van der Waals surface area contributed by atoms with Gasteiger partial charge in [-0.25, -0.2) is 4.68 Å². The lowest BCUT2D eigenvalue weighted by molar-refractivity contribution is -0.393. The van der Waals surface area contributed by atoms with Gasteiger partial charge in [0.25, 0.3) is 5.69 Å². The first-order valence-electron chi connectivity index (χ1n) is 9.04. The molecular weight excluding hydrogens is 388 g/mol. The molecule has 10 heteroatoms. The van der Waals surface area contributed by atoms with Crippen LogP contribution in [0.4, 0.5) is 17.1 Å². The summed E-state index contributed by atoms with van der Waals surface area (Å²) in [6.07, 6.45) is 1.53. The topological polar surface area (TPSA) is 128 Å². The van der Waals surface area contributed by atoms with E-state index in [1.54, 1.807) is 0 Å². The molecule has 0 radical (unpaired) electrons. The van der Waals surface area contributed by atoms with Gasteiger partial charge in [-0.3, -0.25) is 25.7 Å². The Morgan fingerprint density at radius 2 is 1.73 bits per heavy atom. The largest absolute Gasteiger partial charge is 0.301 e. The molecular formula is C20H20N6O4. The lowest BCUT2D eigenvalue weighted by atomic mass is 10.1. The number of nitrogens with one attached hydrogen (secondary N) is 1. The number of nitrogens with zero attached hydrogens (tertiary/aromatic N) is 5. The number of anilines is 1. The van der Waals surface area contributed by atoms with Gasteiger partial charge in [0.05, 0.1) is 39.2 Å². The second-order valence-electron chi connectivity index (χ2n) is 6.85. The molecule has 1 heterocycles. The van der Waals surface area contributed by atoms with Crippen LogP contribution in [0.25, 0.3) is 5.69 Å². The van der Waals surface area contributed by atoms with E-state index in [4.69, 9.17) is 0 Å². The Bertz CT molecular complexity index is 1180. The zero-order valence-corrected chi connectivity index (χ0v) is 16.9. The van der Waals surface area contributed by atoms with Crippen molar-refractivity contribution in [1.82, 2.24) is 9.78 Å². The smallest absolute Gasteiger partial charge is 0.272 e. The Balaban J connectivity index is 1.89. The molecule has 0 saturated heterocycles. The van der Waals surface area contributed by atoms with Crippen molar-refractivity contribution in [2.45, 2.75) is 27.7 Å². The quantitative estimate of drug-likeness (QED) is 0.366. The predicted molar refractivity (Wildman–Crippen MR) is 113 cm³/mol. The molecule has 0 bridgehead atoms. The van der Waals surface area contributed by atoms with E-state index >= 15 is 0 Å². The van der Waals surface area contributed by atoms with Crippen LogP contribution >= 0.6 is 0 Å². The van der Waals surface area contributed by atoms with Crippen LogP contribution in [0.2, 0.25) is 0 Å². The fourth-order valence-corrected chi connectivity index (χ4v) is 3.00. The maximum absolute atomic E-state index is 11.2. The van der Waals surface area contributed by atoms with Crippen LogP contribution in [-0.2, 0) is 0 Å². The molecule has 1 aromatic heterocycles. The Kier molecular flexibility index (Phi) is 5.58. The van der Waals surface area contributed by atoms with Crippen LogP contribution in [0, 0.1) is 47.9 Å². The highest BCUT2D eigenvalue weighted by Crippen LogP contribution is 2.29. The normalized spacial score (nSPS) is 11.1. The van der Waals surface area contributed by atoms with Crippen molar-refractivity contribution in [3.8, 4) is 5.69 Å². The number of aromatic nitrogens is 2. The summed E-state index contributed by atoms with van der Waals surface area (Å²) in [7, 11) is 0. The molecule has 10 nitrogen and oxygen atoms in total. The Morgan fingerprint density at radius 1 is 1.00 bits per heavy atom. The maximum atomic E-state index is 11.2. The van der Waals surface area contributed by atoms with Crippen molar-refractivity contribution in [2.75, 3.05) is 5.43 Å². The number of hydrogen-bond acceptors (Lipinski definition) is 7. The standard InChI is InChI=1S/C20H20N6O4/c1-12-5-6-16(9-13(12)2)24-15(4)18(14(3)23-24)11-21-22-19-8-7-17(25(27)28)10-20(19)26(29)30/h5-11,22H,1-4H3/b21-11+. The number of nitro groups is 2. The third-order valence-corrected chi connectivity index (χ3v) is 4.85. The monoisotopic (exact) mass is 408 g/mol. The van der Waals surface area contributed by atoms with E-state index in [2.05, 4.69) is 15.6 Å². The van der Waals surface area contributed by atoms with Crippen LogP contribution in [0.5, 0.6) is 0 Å². The number of hydrogen-bond donors (Lipinski definition) is 1. The van der Waals surface area contributed by atoms with Gasteiger partial charge in [-0.15, -0.1) is 0 Å². The van der Waals surface area contributed by atoms with Gasteiger partial charge < -0.3 is 0 Å². The van der Waals surface area contributed by atoms with Crippen molar-refractivity contribution in [3.05, 3.63) is 84.7 Å². The number of rotatable bonds is 6. The van der Waals surface area contributed by atoms with E-state index in [-0.39, 0.29) is 11.4 Å². The summed E-state index contributed by atoms with van der Waals surface area (Å²) in [5, 5.41) is 30.7. The molecule has 1 N–H and O–H groups in total. The Hall–Kier alpha value is -4.08. The number of hydrazone groups is 1. The zero-order valence-electron chi connectivity index (χ0n) is 16.9. The molecule has 0 aliphatic rings. The average molecular weight is 408 g/mol. The molecule has 3 aromatic rings. The highest BCUT2D eigenvalue weighted by atomic mass is 16.6. The van der Waals surface area contributed by atoms with Crippen molar-refractivity contribution in [2.24, 2.45) is 5.10 Å². The van der Waals surface area contributed by atoms with Gasteiger partial charge in [-0.1, -0.05) is 6.07 Å². The van der Waals surface area contributed by atoms with Gasteiger partial charge in [0.2, 0.25) is 0 Å². The molecule has 0 amide bonds. The van der Waals surface area contributed by atoms with Gasteiger partial charge in [-0.2, -0.15) is 10.2 Å². The van der Waals surface area contributed by atoms with Crippen LogP contribution in [-0.4, -0.2) is 25.8 Å². The highest BCUT2D eigenvalue weighted by molar-refractivity contribution is 5.83. The minimum atomic E-state index is -0.695. The molecule has 0 fully saturated rings. The van der Waals surface area contributed by atoms with E-state index in [0.29, 0.717) is 0 Å². The summed E-state index contributed by atoms with van der Waals surface area (Å²) in [5.41, 5.74) is 7.51. The first-order valence-corrected chi connectivity index (χ1v) is 9.04. The first-order chi connectivity index (χ1) is 14.2. The number of benzene rings is 2. The number of non-ortho nitro benzene ring substituents is 1. The molecule has 0 unspecified atom stereocenters. The van der Waals surface area contributed by atoms with Crippen LogP contribution in [0.15, 0.2) is 41.5 Å². The van der Waals surface area contributed by atoms with Gasteiger partial charge in [0, 0.05) is 11.6 Å². The lowest BCUT2D eigenvalue weighted by Crippen LogP contribution is -2.01. The summed E-state index contributed by atoms with van der Waals surface area (Å²) in [4.78, 5) is 20.7. The summed E-state index contributed by atoms with van der Waals surface area (Å²) in [6.45, 7) is 7.83. The first kappa shape index (κ1) is 20.6. The molecule has 0 aliphatic heterocycles.